The van der Waals surface area contributed by atoms with E-state index in [-0.39, 0.29) is 6.04 Å². The van der Waals surface area contributed by atoms with E-state index in [1.54, 1.807) is 13.0 Å². The zero-order chi connectivity index (χ0) is 11.7. The molecule has 0 saturated heterocycles. The highest BCUT2D eigenvalue weighted by Gasteiger charge is 2.12. The lowest BCUT2D eigenvalue weighted by Crippen LogP contribution is -2.04. The zero-order valence-corrected chi connectivity index (χ0v) is 10.8. The molecule has 1 aromatic carbocycles. The minimum atomic E-state index is -0.267. The van der Waals surface area contributed by atoms with Crippen LogP contribution >= 0.6 is 27.5 Å². The molecule has 1 heterocycles. The number of benzene rings is 1. The van der Waals surface area contributed by atoms with Gasteiger partial charge in [0, 0.05) is 10.0 Å². The van der Waals surface area contributed by atoms with E-state index in [2.05, 4.69) is 26.1 Å². The lowest BCUT2D eigenvalue weighted by atomic mass is 10.2. The number of aromatic nitrogens is 2. The van der Waals surface area contributed by atoms with E-state index >= 15 is 0 Å². The number of rotatable bonds is 2. The Morgan fingerprint density at radius 3 is 2.81 bits per heavy atom. The van der Waals surface area contributed by atoms with Crippen molar-refractivity contribution in [2.45, 2.75) is 13.0 Å². The van der Waals surface area contributed by atoms with E-state index in [1.807, 2.05) is 12.1 Å². The van der Waals surface area contributed by atoms with Crippen LogP contribution in [0.1, 0.15) is 18.9 Å². The Labute approximate surface area is 106 Å². The quantitative estimate of drug-likeness (QED) is 0.925. The lowest BCUT2D eigenvalue weighted by molar-refractivity contribution is 0.362. The summed E-state index contributed by atoms with van der Waals surface area (Å²) in [5.74, 6) is 0.922. The molecular formula is C10H9BrClN3O. The molecule has 2 N–H and O–H groups in total. The molecule has 0 aliphatic carbocycles. The van der Waals surface area contributed by atoms with Gasteiger partial charge in [-0.05, 0) is 41.1 Å². The largest absolute Gasteiger partial charge is 0.337 e. The second kappa shape index (κ2) is 4.53. The minimum absolute atomic E-state index is 0.267. The predicted molar refractivity (Wildman–Crippen MR) is 65.0 cm³/mol. The fourth-order valence-electron chi connectivity index (χ4n) is 1.17. The van der Waals surface area contributed by atoms with Gasteiger partial charge >= 0.3 is 0 Å². The van der Waals surface area contributed by atoms with Crippen molar-refractivity contribution in [3.05, 3.63) is 33.6 Å². The first kappa shape index (κ1) is 11.6. The Kier molecular flexibility index (Phi) is 3.28. The van der Waals surface area contributed by atoms with Crippen LogP contribution in [0.5, 0.6) is 0 Å². The van der Waals surface area contributed by atoms with Gasteiger partial charge in [-0.3, -0.25) is 0 Å². The van der Waals surface area contributed by atoms with Crippen LogP contribution in [0.15, 0.2) is 27.2 Å². The summed E-state index contributed by atoms with van der Waals surface area (Å²) in [5.41, 5.74) is 6.46. The molecule has 84 valence electrons. The molecular weight excluding hydrogens is 293 g/mol. The van der Waals surface area contributed by atoms with Crippen molar-refractivity contribution in [2.24, 2.45) is 5.73 Å². The van der Waals surface area contributed by atoms with Gasteiger partial charge in [0.15, 0.2) is 0 Å². The molecule has 0 aliphatic rings. The molecule has 2 aromatic rings. The van der Waals surface area contributed by atoms with Gasteiger partial charge in [0.25, 0.3) is 0 Å². The van der Waals surface area contributed by atoms with Gasteiger partial charge in [0.2, 0.25) is 11.7 Å². The number of hydrogen-bond donors (Lipinski definition) is 1. The van der Waals surface area contributed by atoms with Crippen LogP contribution in [-0.2, 0) is 0 Å². The minimum Gasteiger partial charge on any atom is -0.337 e. The summed E-state index contributed by atoms with van der Waals surface area (Å²) in [6, 6.07) is 5.15. The maximum absolute atomic E-state index is 5.89. The molecule has 0 bridgehead atoms. The second-order valence-corrected chi connectivity index (χ2v) is 4.64. The Bertz CT molecular complexity index is 513. The first-order valence-corrected chi connectivity index (χ1v) is 5.79. The monoisotopic (exact) mass is 301 g/mol. The molecule has 1 atom stereocenters. The van der Waals surface area contributed by atoms with E-state index in [9.17, 15) is 0 Å². The third-order valence-electron chi connectivity index (χ3n) is 2.01. The smallest absolute Gasteiger partial charge is 0.243 e. The Hall–Kier alpha value is -0.910. The number of halogens is 2. The molecule has 6 heteroatoms. The fraction of sp³-hybridized carbons (Fsp3) is 0.200. The van der Waals surface area contributed by atoms with E-state index in [0.717, 1.165) is 10.0 Å². The van der Waals surface area contributed by atoms with Gasteiger partial charge in [-0.1, -0.05) is 16.8 Å². The first-order valence-electron chi connectivity index (χ1n) is 4.62. The van der Waals surface area contributed by atoms with Crippen LogP contribution in [0.3, 0.4) is 0 Å². The molecule has 0 aliphatic heterocycles. The van der Waals surface area contributed by atoms with E-state index in [1.165, 1.54) is 0 Å². The van der Waals surface area contributed by atoms with Crippen molar-refractivity contribution in [2.75, 3.05) is 0 Å². The summed E-state index contributed by atoms with van der Waals surface area (Å²) in [4.78, 5) is 4.18. The normalized spacial score (nSPS) is 12.8. The fourth-order valence-corrected chi connectivity index (χ4v) is 1.67. The highest BCUT2D eigenvalue weighted by atomic mass is 79.9. The molecule has 0 radical (unpaired) electrons. The van der Waals surface area contributed by atoms with Gasteiger partial charge < -0.3 is 10.3 Å². The number of nitrogens with zero attached hydrogens (tertiary/aromatic N) is 2. The number of nitrogens with two attached hydrogens (primary N) is 1. The van der Waals surface area contributed by atoms with Crippen LogP contribution in [0.4, 0.5) is 0 Å². The number of hydrogen-bond acceptors (Lipinski definition) is 4. The average molecular weight is 303 g/mol. The molecule has 2 rings (SSSR count). The molecule has 16 heavy (non-hydrogen) atoms. The summed E-state index contributed by atoms with van der Waals surface area (Å²) < 4.78 is 5.81. The first-order chi connectivity index (χ1) is 7.58. The molecule has 0 spiro atoms. The Morgan fingerprint density at radius 2 is 2.25 bits per heavy atom. The Morgan fingerprint density at radius 1 is 1.50 bits per heavy atom. The van der Waals surface area contributed by atoms with Crippen LogP contribution in [0.25, 0.3) is 11.4 Å². The van der Waals surface area contributed by atoms with E-state index < -0.39 is 0 Å². The molecule has 0 unspecified atom stereocenters. The molecule has 0 fully saturated rings. The average Bonchev–Trinajstić information content (AvgIpc) is 2.71. The molecule has 0 saturated carbocycles. The van der Waals surface area contributed by atoms with Crippen LogP contribution in [-0.4, -0.2) is 10.1 Å². The summed E-state index contributed by atoms with van der Waals surface area (Å²) in [7, 11) is 0. The third kappa shape index (κ3) is 2.26. The van der Waals surface area contributed by atoms with Crippen molar-refractivity contribution >= 4 is 27.5 Å². The van der Waals surface area contributed by atoms with Gasteiger partial charge in [-0.25, -0.2) is 0 Å². The van der Waals surface area contributed by atoms with Crippen LogP contribution < -0.4 is 5.73 Å². The van der Waals surface area contributed by atoms with Crippen LogP contribution in [0.2, 0.25) is 5.02 Å². The zero-order valence-electron chi connectivity index (χ0n) is 8.45. The van der Waals surface area contributed by atoms with Crippen molar-refractivity contribution in [1.29, 1.82) is 0 Å². The maximum atomic E-state index is 5.89. The van der Waals surface area contributed by atoms with Crippen molar-refractivity contribution in [3.8, 4) is 11.4 Å². The summed E-state index contributed by atoms with van der Waals surface area (Å²) in [5, 5.41) is 4.49. The topological polar surface area (TPSA) is 64.9 Å². The molecule has 1 aromatic heterocycles. The van der Waals surface area contributed by atoms with E-state index in [4.69, 9.17) is 21.9 Å². The summed E-state index contributed by atoms with van der Waals surface area (Å²) in [6.07, 6.45) is 0. The van der Waals surface area contributed by atoms with Gasteiger partial charge in [-0.2, -0.15) is 4.98 Å². The van der Waals surface area contributed by atoms with Gasteiger partial charge in [0.1, 0.15) is 0 Å². The maximum Gasteiger partial charge on any atom is 0.243 e. The van der Waals surface area contributed by atoms with Crippen molar-refractivity contribution in [1.82, 2.24) is 10.1 Å². The third-order valence-corrected chi connectivity index (χ3v) is 3.22. The highest BCUT2D eigenvalue weighted by molar-refractivity contribution is 9.10. The second-order valence-electron chi connectivity index (χ2n) is 3.37. The van der Waals surface area contributed by atoms with Gasteiger partial charge in [-0.15, -0.1) is 0 Å². The Balaban J connectivity index is 2.39. The SMILES string of the molecule is C[C@@H](N)c1nc(-c2ccc(Cl)c(Br)c2)no1. The van der Waals surface area contributed by atoms with Crippen molar-refractivity contribution in [3.63, 3.8) is 0 Å². The standard InChI is InChI=1S/C10H9BrClN3O/c1-5(13)10-14-9(15-16-10)6-2-3-8(12)7(11)4-6/h2-5H,13H2,1H3/t5-/m1/s1. The van der Waals surface area contributed by atoms with E-state index in [0.29, 0.717) is 16.7 Å². The lowest BCUT2D eigenvalue weighted by Gasteiger charge is -1.98. The highest BCUT2D eigenvalue weighted by Crippen LogP contribution is 2.27. The van der Waals surface area contributed by atoms with Gasteiger partial charge in [0.05, 0.1) is 11.1 Å². The van der Waals surface area contributed by atoms with Crippen LogP contribution in [0, 0.1) is 0 Å². The molecule has 4 nitrogen and oxygen atoms in total. The summed E-state index contributed by atoms with van der Waals surface area (Å²) in [6.45, 7) is 1.79. The summed E-state index contributed by atoms with van der Waals surface area (Å²) >= 11 is 9.23. The molecule has 0 amide bonds. The van der Waals surface area contributed by atoms with Crippen molar-refractivity contribution < 1.29 is 4.52 Å². The predicted octanol–water partition coefficient (Wildman–Crippen LogP) is 3.17.